The molecule has 3 N–H and O–H groups in total. The minimum absolute atomic E-state index is 0.0409. The van der Waals surface area contributed by atoms with E-state index in [0.717, 1.165) is 25.7 Å². The fraction of sp³-hybridized carbons (Fsp3) is 0.414. The number of sulfone groups is 1. The van der Waals surface area contributed by atoms with Gasteiger partial charge in [0.2, 0.25) is 14.9 Å². The van der Waals surface area contributed by atoms with Gasteiger partial charge in [0.1, 0.15) is 17.2 Å². The highest BCUT2D eigenvalue weighted by Crippen LogP contribution is 2.43. The topological polar surface area (TPSA) is 151 Å². The molecule has 2 aliphatic carbocycles. The maximum absolute atomic E-state index is 13.8. The van der Waals surface area contributed by atoms with Crippen molar-refractivity contribution < 1.29 is 8.42 Å². The van der Waals surface area contributed by atoms with Crippen LogP contribution in [0.15, 0.2) is 56.0 Å². The average molecular weight is 574 g/mol. The number of nitrogens with zero attached hydrogens (tertiary/aromatic N) is 4. The molecule has 0 saturated heterocycles. The molecule has 12 heteroatoms. The number of anilines is 2. The first-order chi connectivity index (χ1) is 19.8. The van der Waals surface area contributed by atoms with E-state index in [1.807, 2.05) is 10.5 Å². The number of rotatable bonds is 9. The van der Waals surface area contributed by atoms with E-state index < -0.39 is 20.7 Å². The third kappa shape index (κ3) is 4.14. The molecule has 3 atom stereocenters. The molecule has 0 aliphatic heterocycles. The van der Waals surface area contributed by atoms with E-state index in [2.05, 4.69) is 37.7 Å². The van der Waals surface area contributed by atoms with Crippen molar-refractivity contribution in [3.63, 3.8) is 0 Å². The Bertz CT molecular complexity index is 1980. The van der Waals surface area contributed by atoms with Crippen LogP contribution in [0.25, 0.3) is 16.8 Å². The van der Waals surface area contributed by atoms with Crippen LogP contribution in [0.5, 0.6) is 0 Å². The van der Waals surface area contributed by atoms with Crippen LogP contribution in [0.1, 0.15) is 56.3 Å². The van der Waals surface area contributed by atoms with Crippen molar-refractivity contribution in [1.29, 1.82) is 0 Å². The Balaban J connectivity index is 1.26. The van der Waals surface area contributed by atoms with E-state index in [1.54, 1.807) is 37.4 Å². The number of H-pyrrole nitrogens is 1. The third-order valence-electron chi connectivity index (χ3n) is 8.75. The lowest BCUT2D eigenvalue weighted by Gasteiger charge is -2.19. The minimum atomic E-state index is -3.99. The quantitative estimate of drug-likeness (QED) is 0.225. The summed E-state index contributed by atoms with van der Waals surface area (Å²) in [6.45, 7) is 4.59. The maximum Gasteiger partial charge on any atom is 0.253 e. The summed E-state index contributed by atoms with van der Waals surface area (Å²) in [7, 11) is -3.99. The molecule has 7 rings (SSSR count). The van der Waals surface area contributed by atoms with Crippen molar-refractivity contribution in [1.82, 2.24) is 24.6 Å². The predicted octanol–water partition coefficient (Wildman–Crippen LogP) is 3.55. The number of aryl methyl sites for hydroxylation is 1. The molecule has 3 heterocycles. The molecule has 0 unspecified atom stereocenters. The van der Waals surface area contributed by atoms with Gasteiger partial charge in [-0.25, -0.2) is 13.4 Å². The number of hydrogen-bond acceptors (Lipinski definition) is 9. The van der Waals surface area contributed by atoms with E-state index in [-0.39, 0.29) is 33.4 Å². The summed E-state index contributed by atoms with van der Waals surface area (Å²) in [4.78, 5) is 32.4. The van der Waals surface area contributed by atoms with Gasteiger partial charge in [-0.15, -0.1) is 10.2 Å². The van der Waals surface area contributed by atoms with Gasteiger partial charge in [0.05, 0.1) is 10.4 Å². The van der Waals surface area contributed by atoms with E-state index in [0.29, 0.717) is 52.8 Å². The lowest BCUT2D eigenvalue weighted by atomic mass is 9.93. The van der Waals surface area contributed by atoms with Gasteiger partial charge in [-0.1, -0.05) is 31.5 Å². The molecule has 41 heavy (non-hydrogen) atoms. The van der Waals surface area contributed by atoms with Crippen LogP contribution < -0.4 is 21.5 Å². The molecule has 0 bridgehead atoms. The van der Waals surface area contributed by atoms with Gasteiger partial charge in [0.25, 0.3) is 10.9 Å². The largest absolute Gasteiger partial charge is 0.380 e. The van der Waals surface area contributed by atoms with Crippen molar-refractivity contribution >= 4 is 38.0 Å². The smallest absolute Gasteiger partial charge is 0.253 e. The van der Waals surface area contributed by atoms with Crippen LogP contribution in [0.4, 0.5) is 11.4 Å². The molecule has 2 fully saturated rings. The molecule has 5 aromatic rings. The summed E-state index contributed by atoms with van der Waals surface area (Å²) in [6.07, 6.45) is 6.34. The van der Waals surface area contributed by atoms with Crippen molar-refractivity contribution in [2.24, 2.45) is 11.8 Å². The lowest BCUT2D eigenvalue weighted by Crippen LogP contribution is -2.39. The van der Waals surface area contributed by atoms with E-state index in [1.165, 1.54) is 0 Å². The highest BCUT2D eigenvalue weighted by Gasteiger charge is 2.39. The Kier molecular flexibility index (Phi) is 6.00. The summed E-state index contributed by atoms with van der Waals surface area (Å²) >= 11 is 0. The SMILES string of the molecule is CC[C@@H]1C[C@H](Nc2c(NCC3CC3)c(=O)c2=O)C[C@@H]1c1nnc2c(S(=O)(=O)c3ccccc3C)nc3[nH]ccc3n12. The van der Waals surface area contributed by atoms with Crippen LogP contribution in [0.2, 0.25) is 0 Å². The second kappa shape index (κ2) is 9.51. The molecule has 2 aromatic carbocycles. The molecule has 0 radical (unpaired) electrons. The number of nitrogens with one attached hydrogen (secondary N) is 3. The van der Waals surface area contributed by atoms with Crippen LogP contribution in [-0.4, -0.2) is 45.6 Å². The number of benzene rings is 1. The standard InChI is InChI=1S/C29H31N7O4S/c1-3-17-12-18(32-23-22(24(37)25(23)38)31-14-16-8-9-16)13-19(17)27-34-35-28-29(33-26-20(36(27)28)10-11-30-26)41(39,40)21-7-5-4-6-15(21)2/h4-7,10-11,16-19,30-32H,3,8-9,12-14H2,1-2H3/t17-,18+,19+/m1/s1. The van der Waals surface area contributed by atoms with Gasteiger partial charge >= 0.3 is 0 Å². The van der Waals surface area contributed by atoms with Crippen LogP contribution in [0.3, 0.4) is 0 Å². The summed E-state index contributed by atoms with van der Waals surface area (Å²) < 4.78 is 29.5. The van der Waals surface area contributed by atoms with Crippen LogP contribution >= 0.6 is 0 Å². The second-order valence-electron chi connectivity index (χ2n) is 11.4. The zero-order valence-corrected chi connectivity index (χ0v) is 23.7. The number of hydrogen-bond donors (Lipinski definition) is 3. The van der Waals surface area contributed by atoms with Gasteiger partial charge in [-0.3, -0.25) is 14.0 Å². The maximum atomic E-state index is 13.8. The fourth-order valence-corrected chi connectivity index (χ4v) is 7.85. The Morgan fingerprint density at radius 1 is 1.05 bits per heavy atom. The number of fused-ring (bicyclic) bond motifs is 3. The van der Waals surface area contributed by atoms with Gasteiger partial charge in [0.15, 0.2) is 11.3 Å². The molecular formula is C29H31N7O4S. The summed E-state index contributed by atoms with van der Waals surface area (Å²) in [6, 6.07) is 8.63. The Morgan fingerprint density at radius 3 is 2.59 bits per heavy atom. The summed E-state index contributed by atoms with van der Waals surface area (Å²) in [5.41, 5.74) is 1.80. The first-order valence-corrected chi connectivity index (χ1v) is 15.6. The Hall–Kier alpha value is -4.06. The molecule has 212 valence electrons. The molecule has 11 nitrogen and oxygen atoms in total. The summed E-state index contributed by atoms with van der Waals surface area (Å²) in [5, 5.41) is 15.4. The highest BCUT2D eigenvalue weighted by atomic mass is 32.2. The van der Waals surface area contributed by atoms with E-state index in [9.17, 15) is 18.0 Å². The predicted molar refractivity (Wildman–Crippen MR) is 155 cm³/mol. The zero-order valence-electron chi connectivity index (χ0n) is 22.8. The van der Waals surface area contributed by atoms with Crippen LogP contribution in [0, 0.1) is 18.8 Å². The second-order valence-corrected chi connectivity index (χ2v) is 13.3. The lowest BCUT2D eigenvalue weighted by molar-refractivity contribution is 0.450. The molecule has 0 amide bonds. The van der Waals surface area contributed by atoms with Crippen LogP contribution in [-0.2, 0) is 9.84 Å². The third-order valence-corrected chi connectivity index (χ3v) is 10.6. The van der Waals surface area contributed by atoms with Gasteiger partial charge in [-0.2, -0.15) is 0 Å². The Morgan fingerprint density at radius 2 is 1.83 bits per heavy atom. The fourth-order valence-electron chi connectivity index (χ4n) is 6.31. The normalized spacial score (nSPS) is 21.3. The average Bonchev–Trinajstić information content (AvgIpc) is 3.33. The first kappa shape index (κ1) is 25.9. The first-order valence-electron chi connectivity index (χ1n) is 14.1. The van der Waals surface area contributed by atoms with Gasteiger partial charge < -0.3 is 15.6 Å². The molecule has 0 spiro atoms. The number of aromatic amines is 1. The molecular weight excluding hydrogens is 542 g/mol. The monoisotopic (exact) mass is 573 g/mol. The van der Waals surface area contributed by atoms with Gasteiger partial charge in [-0.05, 0) is 62.1 Å². The zero-order chi connectivity index (χ0) is 28.5. The van der Waals surface area contributed by atoms with Gasteiger partial charge in [0, 0.05) is 24.7 Å². The molecule has 3 aromatic heterocycles. The summed E-state index contributed by atoms with van der Waals surface area (Å²) in [5.74, 6) is 1.42. The van der Waals surface area contributed by atoms with Crippen molar-refractivity contribution in [3.8, 4) is 0 Å². The minimum Gasteiger partial charge on any atom is -0.380 e. The van der Waals surface area contributed by atoms with Crippen molar-refractivity contribution in [2.45, 2.75) is 67.8 Å². The van der Waals surface area contributed by atoms with E-state index >= 15 is 0 Å². The molecule has 2 saturated carbocycles. The van der Waals surface area contributed by atoms with Crippen molar-refractivity contribution in [2.75, 3.05) is 17.2 Å². The van der Waals surface area contributed by atoms with Crippen molar-refractivity contribution in [3.05, 3.63) is 68.4 Å². The Labute approximate surface area is 236 Å². The molecule has 2 aliphatic rings. The van der Waals surface area contributed by atoms with E-state index in [4.69, 9.17) is 0 Å². The highest BCUT2D eigenvalue weighted by molar-refractivity contribution is 7.91. The number of aromatic nitrogens is 5.